The highest BCUT2D eigenvalue weighted by atomic mass is 35.5. The highest BCUT2D eigenvalue weighted by Gasteiger charge is 2.36. The summed E-state index contributed by atoms with van der Waals surface area (Å²) >= 11 is 6.01. The van der Waals surface area contributed by atoms with Crippen LogP contribution in [0.25, 0.3) is 11.5 Å². The van der Waals surface area contributed by atoms with Crippen LogP contribution >= 0.6 is 11.6 Å². The Kier molecular flexibility index (Phi) is 6.84. The van der Waals surface area contributed by atoms with Crippen LogP contribution in [0.4, 0.5) is 29.3 Å². The van der Waals surface area contributed by atoms with Crippen LogP contribution in [0.5, 0.6) is 0 Å². The molecule has 35 heavy (non-hydrogen) atoms. The number of hydrogen-bond donors (Lipinski definition) is 2. The molecular weight excluding hydrogens is 491 g/mol. The molecule has 184 valence electrons. The van der Waals surface area contributed by atoms with Crippen LogP contribution in [0, 0.1) is 5.92 Å². The Bertz CT molecular complexity index is 1340. The fourth-order valence-corrected chi connectivity index (χ4v) is 3.60. The highest BCUT2D eigenvalue weighted by Crippen LogP contribution is 2.34. The molecule has 0 fully saturated rings. The first kappa shape index (κ1) is 24.3. The minimum absolute atomic E-state index is 0.0548. The van der Waals surface area contributed by atoms with E-state index in [1.165, 1.54) is 23.1 Å². The van der Waals surface area contributed by atoms with Crippen LogP contribution in [-0.2, 0) is 17.3 Å². The highest BCUT2D eigenvalue weighted by molar-refractivity contribution is 6.29. The number of rotatable bonds is 7. The van der Waals surface area contributed by atoms with E-state index in [4.69, 9.17) is 16.3 Å². The molecule has 0 unspecified atom stereocenters. The predicted octanol–water partition coefficient (Wildman–Crippen LogP) is 3.85. The molecule has 2 amide bonds. The zero-order chi connectivity index (χ0) is 25.2. The van der Waals surface area contributed by atoms with E-state index in [2.05, 4.69) is 35.9 Å². The van der Waals surface area contributed by atoms with Gasteiger partial charge < -0.3 is 15.4 Å². The van der Waals surface area contributed by atoms with Crippen molar-refractivity contribution in [2.24, 2.45) is 5.92 Å². The quantitative estimate of drug-likeness (QED) is 0.388. The molecule has 0 bridgehead atoms. The maximum Gasteiger partial charge on any atom is 0.420 e. The number of nitrogens with zero attached hydrogens (tertiary/aromatic N) is 7. The van der Waals surface area contributed by atoms with Gasteiger partial charge in [0.15, 0.2) is 16.6 Å². The van der Waals surface area contributed by atoms with E-state index in [9.17, 15) is 18.0 Å². The van der Waals surface area contributed by atoms with E-state index in [1.807, 2.05) is 6.92 Å². The molecule has 2 N–H and O–H groups in total. The molecule has 4 aromatic rings. The number of ether oxygens (including phenoxy) is 1. The minimum Gasteiger partial charge on any atom is -0.384 e. The summed E-state index contributed by atoms with van der Waals surface area (Å²) in [4.78, 5) is 21.5. The Labute approximate surface area is 201 Å². The summed E-state index contributed by atoms with van der Waals surface area (Å²) in [5, 5.41) is 16.8. The van der Waals surface area contributed by atoms with Crippen LogP contribution in [0.15, 0.2) is 36.9 Å². The zero-order valence-corrected chi connectivity index (χ0v) is 19.2. The normalized spacial score (nSPS) is 12.6. The number of anilines is 2. The Hall–Kier alpha value is -3.78. The number of methoxy groups -OCH3 is 1. The van der Waals surface area contributed by atoms with E-state index in [-0.39, 0.29) is 16.8 Å². The van der Waals surface area contributed by atoms with Crippen LogP contribution in [0.3, 0.4) is 0 Å². The zero-order valence-electron chi connectivity index (χ0n) is 18.4. The third kappa shape index (κ3) is 5.49. The molecule has 0 spiro atoms. The van der Waals surface area contributed by atoms with Crippen molar-refractivity contribution in [2.75, 3.05) is 24.4 Å². The second-order valence-electron chi connectivity index (χ2n) is 7.61. The van der Waals surface area contributed by atoms with Crippen LogP contribution in [-0.4, -0.2) is 54.3 Å². The van der Waals surface area contributed by atoms with Crippen molar-refractivity contribution in [1.29, 1.82) is 0 Å². The van der Waals surface area contributed by atoms with Crippen LogP contribution in [0.1, 0.15) is 18.2 Å². The lowest BCUT2D eigenvalue weighted by atomic mass is 10.1. The van der Waals surface area contributed by atoms with Crippen LogP contribution in [0.2, 0.25) is 5.15 Å². The number of amides is 2. The van der Waals surface area contributed by atoms with Gasteiger partial charge in [0.2, 0.25) is 0 Å². The third-order valence-corrected chi connectivity index (χ3v) is 5.02. The average Bonchev–Trinajstić information content (AvgIpc) is 3.44. The van der Waals surface area contributed by atoms with Gasteiger partial charge in [-0.1, -0.05) is 18.5 Å². The molecule has 1 atom stereocenters. The first-order chi connectivity index (χ1) is 16.7. The van der Waals surface area contributed by atoms with E-state index >= 15 is 0 Å². The summed E-state index contributed by atoms with van der Waals surface area (Å²) in [7, 11) is 1.58. The van der Waals surface area contributed by atoms with Gasteiger partial charge in [-0.05, 0) is 18.4 Å². The summed E-state index contributed by atoms with van der Waals surface area (Å²) in [6.07, 6.45) is 0.640. The number of aromatic nitrogens is 7. The van der Waals surface area contributed by atoms with Gasteiger partial charge in [-0.3, -0.25) is 0 Å². The standard InChI is InChI=1S/C20H19ClF3N9O2/c1-11(10-35-2)5-15-14(9-25-17-7-16(21)31-32(15)17)30-19(34)29-12-6-13(20(22,23)24)18(26-8-12)33-27-3-4-28-33/h3-4,6-9,11H,5,10H2,1-2H3,(H2,29,30,34)/t11-/m1/s1. The number of hydrogen-bond acceptors (Lipinski definition) is 7. The van der Waals surface area contributed by atoms with Crippen molar-refractivity contribution in [3.63, 3.8) is 0 Å². The molecule has 15 heteroatoms. The van der Waals surface area contributed by atoms with Crippen molar-refractivity contribution < 1.29 is 22.7 Å². The van der Waals surface area contributed by atoms with E-state index < -0.39 is 23.6 Å². The molecule has 0 radical (unpaired) electrons. The van der Waals surface area contributed by atoms with Crippen LogP contribution < -0.4 is 10.6 Å². The molecule has 4 heterocycles. The first-order valence-electron chi connectivity index (χ1n) is 10.2. The Balaban J connectivity index is 1.60. The molecule has 4 rings (SSSR count). The number of pyridine rings is 1. The van der Waals surface area contributed by atoms with Gasteiger partial charge >= 0.3 is 12.2 Å². The van der Waals surface area contributed by atoms with Gasteiger partial charge in [0.05, 0.1) is 41.9 Å². The number of nitrogens with one attached hydrogen (secondary N) is 2. The molecular formula is C20H19ClF3N9O2. The molecule has 0 aromatic carbocycles. The summed E-state index contributed by atoms with van der Waals surface area (Å²) < 4.78 is 47.5. The number of fused-ring (bicyclic) bond motifs is 1. The molecule has 4 aromatic heterocycles. The van der Waals surface area contributed by atoms with Crippen molar-refractivity contribution >= 4 is 34.7 Å². The SMILES string of the molecule is COC[C@H](C)Cc1c(NC(=O)Nc2cnc(-n3nccn3)c(C(F)(F)F)c2)cnc2cc(Cl)nn12. The Morgan fingerprint density at radius 1 is 1.17 bits per heavy atom. The third-order valence-electron chi connectivity index (χ3n) is 4.83. The molecule has 0 saturated carbocycles. The summed E-state index contributed by atoms with van der Waals surface area (Å²) in [6.45, 7) is 2.40. The fraction of sp³-hybridized carbons (Fsp3) is 0.300. The summed E-state index contributed by atoms with van der Waals surface area (Å²) in [5.74, 6) is -0.465. The predicted molar refractivity (Wildman–Crippen MR) is 120 cm³/mol. The fourth-order valence-electron chi connectivity index (χ4n) is 3.43. The Morgan fingerprint density at radius 3 is 2.60 bits per heavy atom. The number of carbonyl (C=O) groups is 1. The van der Waals surface area contributed by atoms with E-state index in [0.717, 1.165) is 17.1 Å². The lowest BCUT2D eigenvalue weighted by molar-refractivity contribution is -0.137. The minimum atomic E-state index is -4.76. The van der Waals surface area contributed by atoms with E-state index in [0.29, 0.717) is 30.1 Å². The number of alkyl halides is 3. The average molecular weight is 510 g/mol. The second kappa shape index (κ2) is 9.84. The van der Waals surface area contributed by atoms with Crippen molar-refractivity contribution in [3.05, 3.63) is 53.3 Å². The number of halogens is 4. The van der Waals surface area contributed by atoms with Gasteiger partial charge in [0.25, 0.3) is 0 Å². The molecule has 0 aliphatic carbocycles. The maximum absolute atomic E-state index is 13.6. The molecule has 0 aliphatic rings. The number of carbonyl (C=O) groups excluding carboxylic acids is 1. The summed E-state index contributed by atoms with van der Waals surface area (Å²) in [5.41, 5.74) is 0.0726. The van der Waals surface area contributed by atoms with Gasteiger partial charge in [-0.2, -0.15) is 28.5 Å². The smallest absolute Gasteiger partial charge is 0.384 e. The maximum atomic E-state index is 13.6. The Morgan fingerprint density at radius 2 is 1.91 bits per heavy atom. The summed E-state index contributed by atoms with van der Waals surface area (Å²) in [6, 6.07) is 1.52. The monoisotopic (exact) mass is 509 g/mol. The molecule has 11 nitrogen and oxygen atoms in total. The van der Waals surface area contributed by atoms with Gasteiger partial charge in [-0.25, -0.2) is 19.3 Å². The van der Waals surface area contributed by atoms with Crippen molar-refractivity contribution in [3.8, 4) is 5.82 Å². The first-order valence-corrected chi connectivity index (χ1v) is 10.6. The lowest BCUT2D eigenvalue weighted by Crippen LogP contribution is -2.23. The second-order valence-corrected chi connectivity index (χ2v) is 8.00. The lowest BCUT2D eigenvalue weighted by Gasteiger charge is -2.17. The topological polar surface area (TPSA) is 124 Å². The van der Waals surface area contributed by atoms with Crippen molar-refractivity contribution in [1.82, 2.24) is 34.6 Å². The molecule has 0 saturated heterocycles. The number of urea groups is 1. The van der Waals surface area contributed by atoms with Gasteiger partial charge in [-0.15, -0.1) is 4.80 Å². The van der Waals surface area contributed by atoms with Crippen molar-refractivity contribution in [2.45, 2.75) is 19.5 Å². The molecule has 0 aliphatic heterocycles. The van der Waals surface area contributed by atoms with Gasteiger partial charge in [0, 0.05) is 19.8 Å². The van der Waals surface area contributed by atoms with Gasteiger partial charge in [0.1, 0.15) is 5.56 Å². The van der Waals surface area contributed by atoms with E-state index in [1.54, 1.807) is 13.2 Å². The largest absolute Gasteiger partial charge is 0.420 e.